The highest BCUT2D eigenvalue weighted by Gasteiger charge is 2.27. The highest BCUT2D eigenvalue weighted by atomic mass is 16.5. The molecule has 0 bridgehead atoms. The first-order chi connectivity index (χ1) is 44.7. The monoisotopic (exact) mass is 1400 g/mol. The molecule has 0 spiro atoms. The standard InChI is InChI=1S/C19H36N2O5.C16H29NO3.C15H28N2O3.C13H25NO2.C12H23NO2.CH4/c1-6-15(22)8-9-16(17(23)7-2)21-18(24)14-26-13-12-25-11-10-20-19(3,4)5;1-6-12(18)8-9-13(14(19)7-2)17-15(20)10-11-16(3,4)5;1-6-11(18)10-16-14(20)9-8-12(13(19)7-2)17-15(3,4)5;1-6-10(15)8-9-11(12(16)7-2)14-13(3,4)5;1-6-9(14)8-10(11(15)7-2)13-12(3,4)5;/h16,20H,6-14H2,1-5H3,(H,21,24);13H,6-11H2,1-5H3,(H,17,20);12,17H,6-10H2,1-5H3,(H,16,20);11,14H,6-9H2,1-5H3;10,13H,6-8H2,1-5H3;1H4. The van der Waals surface area contributed by atoms with Gasteiger partial charge in [-0.25, -0.2) is 0 Å². The van der Waals surface area contributed by atoms with Crippen LogP contribution >= 0.6 is 0 Å². The fraction of sp³-hybridized carbons (Fsp3) is 0.829. The van der Waals surface area contributed by atoms with Crippen LogP contribution < -0.4 is 37.2 Å². The van der Waals surface area contributed by atoms with E-state index < -0.39 is 12.1 Å². The van der Waals surface area contributed by atoms with Gasteiger partial charge in [0, 0.05) is 131 Å². The Labute approximate surface area is 594 Å². The first-order valence-corrected chi connectivity index (χ1v) is 36.0. The van der Waals surface area contributed by atoms with Gasteiger partial charge in [-0.05, 0) is 121 Å². The molecule has 0 radical (unpaired) electrons. The Morgan fingerprint density at radius 2 is 0.653 bits per heavy atom. The van der Waals surface area contributed by atoms with Gasteiger partial charge in [0.05, 0.1) is 56.6 Å². The van der Waals surface area contributed by atoms with Crippen LogP contribution in [0.4, 0.5) is 0 Å². The summed E-state index contributed by atoms with van der Waals surface area (Å²) in [4.78, 5) is 151. The summed E-state index contributed by atoms with van der Waals surface area (Å²) in [6, 6.07) is -1.94. The van der Waals surface area contributed by atoms with Gasteiger partial charge >= 0.3 is 0 Å². The molecule has 5 atom stereocenters. The summed E-state index contributed by atoms with van der Waals surface area (Å²) in [5.41, 5.74) is -0.246. The Bertz CT molecular complexity index is 2320. The predicted octanol–water partition coefficient (Wildman–Crippen LogP) is 11.5. The average Bonchev–Trinajstić information content (AvgIpc) is 0.951. The van der Waals surface area contributed by atoms with Gasteiger partial charge in [0.25, 0.3) is 0 Å². The van der Waals surface area contributed by atoms with Gasteiger partial charge in [-0.1, -0.05) is 97.4 Å². The van der Waals surface area contributed by atoms with Crippen LogP contribution in [-0.4, -0.2) is 167 Å². The molecule has 0 aliphatic heterocycles. The topological polar surface area (TPSA) is 325 Å². The maximum atomic E-state index is 11.9. The summed E-state index contributed by atoms with van der Waals surface area (Å²) in [7, 11) is 0. The SMILES string of the molecule is C.CCC(=O)CC(NC(C)(C)C)C(=O)CC.CCC(=O)CCC(NC(=O)CCC(C)(C)C)C(=O)CC.CCC(=O)CCC(NC(=O)COCCOCCNC(C)(C)C)C(=O)CC.CCC(=O)CCC(NC(C)(C)C)C(=O)CC.CCC(=O)CNC(=O)CCC(NC(C)(C)C)C(=O)CC. The van der Waals surface area contributed by atoms with E-state index in [1.807, 2.05) is 96.9 Å². The number of Topliss-reactive ketones (excluding diaryl/α,β-unsaturated/α-hetero) is 10. The molecule has 0 aliphatic rings. The number of hydrogen-bond donors (Lipinski definition) is 7. The molecule has 0 aromatic heterocycles. The molecule has 0 aliphatic carbocycles. The van der Waals surface area contributed by atoms with E-state index >= 15 is 0 Å². The smallest absolute Gasteiger partial charge is 0.246 e. The molecule has 0 aromatic carbocycles. The van der Waals surface area contributed by atoms with E-state index in [0.717, 1.165) is 13.0 Å². The number of ether oxygens (including phenoxy) is 2. The Morgan fingerprint density at radius 3 is 1.00 bits per heavy atom. The Balaban J connectivity index is -0.000000273. The Kier molecular flexibility index (Phi) is 60.9. The third kappa shape index (κ3) is 66.7. The third-order valence-electron chi connectivity index (χ3n) is 14.5. The lowest BCUT2D eigenvalue weighted by atomic mass is 9.90. The number of nitrogens with one attached hydrogen (secondary N) is 7. The molecule has 0 saturated carbocycles. The normalized spacial score (nSPS) is 12.9. The summed E-state index contributed by atoms with van der Waals surface area (Å²) >= 11 is 0. The van der Waals surface area contributed by atoms with Gasteiger partial charge in [-0.2, -0.15) is 0 Å². The Hall–Kier alpha value is -5.13. The first kappa shape index (κ1) is 104. The zero-order valence-electron chi connectivity index (χ0n) is 65.6. The minimum absolute atomic E-state index is 0. The summed E-state index contributed by atoms with van der Waals surface area (Å²) in [5, 5.41) is 21.1. The molecule has 98 heavy (non-hydrogen) atoms. The molecule has 0 fully saturated rings. The third-order valence-corrected chi connectivity index (χ3v) is 14.5. The van der Waals surface area contributed by atoms with Gasteiger partial charge in [0.1, 0.15) is 47.1 Å². The largest absolute Gasteiger partial charge is 0.378 e. The highest BCUT2D eigenvalue weighted by molar-refractivity contribution is 5.92. The fourth-order valence-corrected chi connectivity index (χ4v) is 8.68. The number of carbonyl (C=O) groups excluding carboxylic acids is 13. The van der Waals surface area contributed by atoms with Crippen molar-refractivity contribution in [2.75, 3.05) is 39.5 Å². The molecular weight excluding hydrogens is 1250 g/mol. The zero-order valence-corrected chi connectivity index (χ0v) is 65.6. The molecule has 3 amide bonds. The van der Waals surface area contributed by atoms with E-state index in [-0.39, 0.29) is 148 Å². The van der Waals surface area contributed by atoms with Crippen LogP contribution in [0.25, 0.3) is 0 Å². The molecular formula is C76H145N7O15. The van der Waals surface area contributed by atoms with Gasteiger partial charge < -0.3 is 46.7 Å². The van der Waals surface area contributed by atoms with E-state index in [2.05, 4.69) is 78.8 Å². The highest BCUT2D eigenvalue weighted by Crippen LogP contribution is 2.21. The lowest BCUT2D eigenvalue weighted by molar-refractivity contribution is -0.131. The van der Waals surface area contributed by atoms with Gasteiger partial charge in [-0.15, -0.1) is 0 Å². The number of rotatable bonds is 46. The maximum absolute atomic E-state index is 11.9. The Morgan fingerprint density at radius 1 is 0.327 bits per heavy atom. The first-order valence-electron chi connectivity index (χ1n) is 36.0. The van der Waals surface area contributed by atoms with Crippen molar-refractivity contribution in [3.05, 3.63) is 0 Å². The van der Waals surface area contributed by atoms with E-state index in [9.17, 15) is 62.3 Å². The quantitative estimate of drug-likeness (QED) is 0.0278. The number of carbonyl (C=O) groups is 13. The van der Waals surface area contributed by atoms with Gasteiger partial charge in [0.15, 0.2) is 17.3 Å². The molecule has 5 unspecified atom stereocenters. The van der Waals surface area contributed by atoms with Crippen molar-refractivity contribution in [2.45, 2.75) is 368 Å². The molecule has 0 saturated heterocycles. The minimum atomic E-state index is -0.619. The summed E-state index contributed by atoms with van der Waals surface area (Å²) in [6.45, 7) is 50.6. The van der Waals surface area contributed by atoms with E-state index in [0.29, 0.717) is 142 Å². The summed E-state index contributed by atoms with van der Waals surface area (Å²) in [6.07, 6.45) is 9.28. The van der Waals surface area contributed by atoms with Crippen LogP contribution in [0.15, 0.2) is 0 Å². The van der Waals surface area contributed by atoms with Crippen LogP contribution in [0, 0.1) is 5.41 Å². The summed E-state index contributed by atoms with van der Waals surface area (Å²) < 4.78 is 10.7. The second-order valence-electron chi connectivity index (χ2n) is 29.7. The van der Waals surface area contributed by atoms with Crippen LogP contribution in [0.1, 0.15) is 315 Å². The second-order valence-corrected chi connectivity index (χ2v) is 29.7. The van der Waals surface area contributed by atoms with Crippen molar-refractivity contribution in [3.63, 3.8) is 0 Å². The van der Waals surface area contributed by atoms with E-state index in [1.165, 1.54) is 0 Å². The van der Waals surface area contributed by atoms with Crippen molar-refractivity contribution < 1.29 is 71.8 Å². The maximum Gasteiger partial charge on any atom is 0.246 e. The number of amides is 3. The summed E-state index contributed by atoms with van der Waals surface area (Å²) in [5.74, 6) is 0.293. The molecule has 0 aromatic rings. The fourth-order valence-electron chi connectivity index (χ4n) is 8.68. The van der Waals surface area contributed by atoms with Crippen molar-refractivity contribution >= 4 is 75.6 Å². The molecule has 7 N–H and O–H groups in total. The minimum Gasteiger partial charge on any atom is -0.378 e. The van der Waals surface area contributed by atoms with Crippen LogP contribution in [0.3, 0.4) is 0 Å². The zero-order chi connectivity index (χ0) is 76.3. The molecule has 574 valence electrons. The van der Waals surface area contributed by atoms with Crippen molar-refractivity contribution in [2.24, 2.45) is 5.41 Å². The molecule has 22 heteroatoms. The van der Waals surface area contributed by atoms with Gasteiger partial charge in [-0.3, -0.25) is 62.3 Å². The molecule has 0 rings (SSSR count). The lowest BCUT2D eigenvalue weighted by Crippen LogP contribution is -2.48. The van der Waals surface area contributed by atoms with E-state index in [4.69, 9.17) is 9.47 Å². The number of ketones is 10. The second kappa shape index (κ2) is 57.5. The van der Waals surface area contributed by atoms with Gasteiger partial charge in [0.2, 0.25) is 17.7 Å². The van der Waals surface area contributed by atoms with Crippen LogP contribution in [0.2, 0.25) is 0 Å². The van der Waals surface area contributed by atoms with Crippen molar-refractivity contribution in [1.82, 2.24) is 37.2 Å². The van der Waals surface area contributed by atoms with Crippen LogP contribution in [-0.2, 0) is 71.8 Å². The number of hydrogen-bond acceptors (Lipinski definition) is 19. The van der Waals surface area contributed by atoms with Crippen LogP contribution in [0.5, 0.6) is 0 Å². The van der Waals surface area contributed by atoms with Crippen molar-refractivity contribution in [1.29, 1.82) is 0 Å². The predicted molar refractivity (Wildman–Crippen MR) is 396 cm³/mol. The average molecular weight is 1400 g/mol. The van der Waals surface area contributed by atoms with E-state index in [1.54, 1.807) is 34.6 Å². The molecule has 22 nitrogen and oxygen atoms in total. The lowest BCUT2D eigenvalue weighted by Gasteiger charge is -2.27. The molecule has 0 heterocycles. The van der Waals surface area contributed by atoms with Crippen molar-refractivity contribution in [3.8, 4) is 0 Å².